The van der Waals surface area contributed by atoms with E-state index in [4.69, 9.17) is 9.47 Å². The molecule has 3 aromatic carbocycles. The molecule has 1 aliphatic heterocycles. The van der Waals surface area contributed by atoms with Crippen LogP contribution in [0.5, 0.6) is 5.75 Å². The van der Waals surface area contributed by atoms with Crippen LogP contribution in [0.2, 0.25) is 0 Å². The molecule has 1 heterocycles. The lowest BCUT2D eigenvalue weighted by molar-refractivity contribution is -0.145. The van der Waals surface area contributed by atoms with E-state index in [2.05, 4.69) is 5.32 Å². The standard InChI is InChI=1S/C33H35FN2O5/c1-40-33(39)30(21-25-9-14-29(15-10-25)41-23-27-5-3-2-4-6-27)35-31(37)22-26-17-19-36(20-18-26)32(38)16-11-24-7-12-28(34)13-8-24/h2-16,26,30H,17-23H2,1H3,(H,35,37)/b16-11+/t30-/m0/s1. The quantitative estimate of drug-likeness (QED) is 0.266. The van der Waals surface area contributed by atoms with Crippen molar-refractivity contribution in [3.8, 4) is 5.75 Å². The number of esters is 1. The smallest absolute Gasteiger partial charge is 0.328 e. The molecule has 8 heteroatoms. The molecule has 0 bridgehead atoms. The van der Waals surface area contributed by atoms with Gasteiger partial charge in [0.2, 0.25) is 11.8 Å². The second kappa shape index (κ2) is 14.8. The molecule has 0 aromatic heterocycles. The predicted molar refractivity (Wildman–Crippen MR) is 154 cm³/mol. The number of likely N-dealkylation sites (tertiary alicyclic amines) is 1. The molecule has 0 unspecified atom stereocenters. The highest BCUT2D eigenvalue weighted by molar-refractivity contribution is 5.91. The van der Waals surface area contributed by atoms with E-state index < -0.39 is 12.0 Å². The van der Waals surface area contributed by atoms with Crippen molar-refractivity contribution in [2.75, 3.05) is 20.2 Å². The van der Waals surface area contributed by atoms with Gasteiger partial charge >= 0.3 is 5.97 Å². The van der Waals surface area contributed by atoms with Crippen molar-refractivity contribution in [1.82, 2.24) is 10.2 Å². The molecule has 0 aliphatic carbocycles. The predicted octanol–water partition coefficient (Wildman–Crippen LogP) is 4.95. The van der Waals surface area contributed by atoms with Gasteiger partial charge in [0.1, 0.15) is 24.2 Å². The van der Waals surface area contributed by atoms with Gasteiger partial charge in [-0.05, 0) is 65.8 Å². The molecule has 1 saturated heterocycles. The third-order valence-corrected chi connectivity index (χ3v) is 7.12. The van der Waals surface area contributed by atoms with Gasteiger partial charge in [-0.3, -0.25) is 9.59 Å². The molecule has 7 nitrogen and oxygen atoms in total. The van der Waals surface area contributed by atoms with Crippen molar-refractivity contribution in [1.29, 1.82) is 0 Å². The first-order valence-electron chi connectivity index (χ1n) is 13.7. The van der Waals surface area contributed by atoms with Crippen LogP contribution in [0, 0.1) is 11.7 Å². The number of ether oxygens (including phenoxy) is 2. The van der Waals surface area contributed by atoms with Crippen molar-refractivity contribution >= 4 is 23.9 Å². The van der Waals surface area contributed by atoms with E-state index >= 15 is 0 Å². The van der Waals surface area contributed by atoms with Crippen LogP contribution in [0.15, 0.2) is 84.9 Å². The highest BCUT2D eigenvalue weighted by atomic mass is 19.1. The van der Waals surface area contributed by atoms with Crippen LogP contribution in [0.4, 0.5) is 4.39 Å². The minimum absolute atomic E-state index is 0.111. The number of benzene rings is 3. The number of halogens is 1. The molecule has 3 aromatic rings. The van der Waals surface area contributed by atoms with Gasteiger partial charge in [0, 0.05) is 32.0 Å². The summed E-state index contributed by atoms with van der Waals surface area (Å²) in [5.41, 5.74) is 2.69. The number of carbonyl (C=O) groups excluding carboxylic acids is 3. The van der Waals surface area contributed by atoms with E-state index in [1.165, 1.54) is 25.3 Å². The fraction of sp³-hybridized carbons (Fsp3) is 0.303. The van der Waals surface area contributed by atoms with Crippen molar-refractivity contribution in [2.24, 2.45) is 5.92 Å². The molecule has 1 atom stereocenters. The third-order valence-electron chi connectivity index (χ3n) is 7.12. The highest BCUT2D eigenvalue weighted by Gasteiger charge is 2.26. The number of hydrogen-bond acceptors (Lipinski definition) is 5. The van der Waals surface area contributed by atoms with Crippen LogP contribution in [0.3, 0.4) is 0 Å². The first-order chi connectivity index (χ1) is 19.9. The Bertz CT molecular complexity index is 1320. The minimum Gasteiger partial charge on any atom is -0.489 e. The summed E-state index contributed by atoms with van der Waals surface area (Å²) in [4.78, 5) is 39.6. The zero-order valence-corrected chi connectivity index (χ0v) is 23.1. The normalized spacial score (nSPS) is 14.4. The summed E-state index contributed by atoms with van der Waals surface area (Å²) in [5, 5.41) is 2.84. The maximum Gasteiger partial charge on any atom is 0.328 e. The van der Waals surface area contributed by atoms with Gasteiger partial charge in [-0.1, -0.05) is 54.6 Å². The van der Waals surface area contributed by atoms with E-state index in [0.29, 0.717) is 44.7 Å². The number of amides is 2. The summed E-state index contributed by atoms with van der Waals surface area (Å²) in [6.45, 7) is 1.55. The number of nitrogens with zero attached hydrogens (tertiary/aromatic N) is 1. The van der Waals surface area contributed by atoms with E-state index in [1.807, 2.05) is 54.6 Å². The SMILES string of the molecule is COC(=O)[C@H](Cc1ccc(OCc2ccccc2)cc1)NC(=O)CC1CCN(C(=O)/C=C/c2ccc(F)cc2)CC1. The molecule has 1 aliphatic rings. The van der Waals surface area contributed by atoms with Crippen LogP contribution >= 0.6 is 0 Å². The van der Waals surface area contributed by atoms with E-state index in [1.54, 1.807) is 23.1 Å². The fourth-order valence-corrected chi connectivity index (χ4v) is 4.75. The Hall–Kier alpha value is -4.46. The monoisotopic (exact) mass is 558 g/mol. The summed E-state index contributed by atoms with van der Waals surface area (Å²) >= 11 is 0. The Morgan fingerprint density at radius 1 is 0.951 bits per heavy atom. The zero-order valence-electron chi connectivity index (χ0n) is 23.1. The van der Waals surface area contributed by atoms with Crippen LogP contribution < -0.4 is 10.1 Å². The molecule has 0 spiro atoms. The molecule has 41 heavy (non-hydrogen) atoms. The van der Waals surface area contributed by atoms with Gasteiger partial charge in [0.25, 0.3) is 0 Å². The second-order valence-corrected chi connectivity index (χ2v) is 10.1. The summed E-state index contributed by atoms with van der Waals surface area (Å²) in [6, 6.07) is 22.4. The van der Waals surface area contributed by atoms with Gasteiger partial charge < -0.3 is 19.7 Å². The summed E-state index contributed by atoms with van der Waals surface area (Å²) in [7, 11) is 1.30. The Kier molecular flexibility index (Phi) is 10.7. The van der Waals surface area contributed by atoms with Gasteiger partial charge in [0.05, 0.1) is 7.11 Å². The number of carbonyl (C=O) groups is 3. The molecule has 0 radical (unpaired) electrons. The average Bonchev–Trinajstić information content (AvgIpc) is 3.00. The summed E-state index contributed by atoms with van der Waals surface area (Å²) < 4.78 is 23.8. The highest BCUT2D eigenvalue weighted by Crippen LogP contribution is 2.21. The largest absolute Gasteiger partial charge is 0.489 e. The molecule has 1 fully saturated rings. The lowest BCUT2D eigenvalue weighted by Gasteiger charge is -2.31. The van der Waals surface area contributed by atoms with E-state index in [9.17, 15) is 18.8 Å². The van der Waals surface area contributed by atoms with Crippen LogP contribution in [-0.2, 0) is 32.1 Å². The number of piperidine rings is 1. The topological polar surface area (TPSA) is 84.9 Å². The molecular formula is C33H35FN2O5. The Labute approximate surface area is 240 Å². The molecule has 2 amide bonds. The van der Waals surface area contributed by atoms with Crippen LogP contribution in [0.1, 0.15) is 36.0 Å². The molecular weight excluding hydrogens is 523 g/mol. The van der Waals surface area contributed by atoms with Crippen molar-refractivity contribution in [2.45, 2.75) is 38.3 Å². The van der Waals surface area contributed by atoms with Gasteiger partial charge in [-0.15, -0.1) is 0 Å². The number of methoxy groups -OCH3 is 1. The zero-order chi connectivity index (χ0) is 29.0. The summed E-state index contributed by atoms with van der Waals surface area (Å²) in [6.07, 6.45) is 5.11. The van der Waals surface area contributed by atoms with Crippen molar-refractivity contribution in [3.05, 3.63) is 107 Å². The average molecular weight is 559 g/mol. The van der Waals surface area contributed by atoms with Crippen LogP contribution in [-0.4, -0.2) is 48.9 Å². The Balaban J connectivity index is 1.23. The molecule has 4 rings (SSSR count). The van der Waals surface area contributed by atoms with Crippen molar-refractivity contribution < 1.29 is 28.2 Å². The number of nitrogens with one attached hydrogen (secondary N) is 1. The Morgan fingerprint density at radius 3 is 2.29 bits per heavy atom. The third kappa shape index (κ3) is 9.31. The van der Waals surface area contributed by atoms with Gasteiger partial charge in [0.15, 0.2) is 0 Å². The number of rotatable bonds is 11. The van der Waals surface area contributed by atoms with Gasteiger partial charge in [-0.25, -0.2) is 9.18 Å². The lowest BCUT2D eigenvalue weighted by atomic mass is 9.93. The van der Waals surface area contributed by atoms with Gasteiger partial charge in [-0.2, -0.15) is 0 Å². The molecule has 214 valence electrons. The summed E-state index contributed by atoms with van der Waals surface area (Å²) in [5.74, 6) is -0.331. The van der Waals surface area contributed by atoms with E-state index in [0.717, 1.165) is 16.7 Å². The second-order valence-electron chi connectivity index (χ2n) is 10.1. The minimum atomic E-state index is -0.804. The maximum atomic E-state index is 13.1. The fourth-order valence-electron chi connectivity index (χ4n) is 4.75. The molecule has 0 saturated carbocycles. The van der Waals surface area contributed by atoms with Crippen LogP contribution in [0.25, 0.3) is 6.08 Å². The first kappa shape index (κ1) is 29.5. The molecule has 1 N–H and O–H groups in total. The number of hydrogen-bond donors (Lipinski definition) is 1. The van der Waals surface area contributed by atoms with Crippen molar-refractivity contribution in [3.63, 3.8) is 0 Å². The maximum absolute atomic E-state index is 13.1. The van der Waals surface area contributed by atoms with E-state index in [-0.39, 0.29) is 30.0 Å². The lowest BCUT2D eigenvalue weighted by Crippen LogP contribution is -2.44. The Morgan fingerprint density at radius 2 is 1.63 bits per heavy atom. The first-order valence-corrected chi connectivity index (χ1v) is 13.7.